The topological polar surface area (TPSA) is 88.9 Å². The van der Waals surface area contributed by atoms with E-state index in [-0.39, 0.29) is 42.0 Å². The monoisotopic (exact) mass is 382 g/mol. The molecule has 1 aromatic carbocycles. The van der Waals surface area contributed by atoms with Crippen molar-refractivity contribution in [2.75, 3.05) is 13.2 Å². The summed E-state index contributed by atoms with van der Waals surface area (Å²) in [7, 11) is 0. The lowest BCUT2D eigenvalue weighted by Gasteiger charge is -2.17. The average molecular weight is 382 g/mol. The van der Waals surface area contributed by atoms with Crippen molar-refractivity contribution in [3.8, 4) is 0 Å². The highest BCUT2D eigenvalue weighted by Gasteiger charge is 2.38. The molecule has 2 aliphatic rings. The summed E-state index contributed by atoms with van der Waals surface area (Å²) in [6.45, 7) is 4.57. The van der Waals surface area contributed by atoms with Crippen LogP contribution >= 0.6 is 0 Å². The highest BCUT2D eigenvalue weighted by Crippen LogP contribution is 2.26. The molecule has 2 atom stereocenters. The maximum absolute atomic E-state index is 12.7. The summed E-state index contributed by atoms with van der Waals surface area (Å²) in [5.41, 5.74) is 0.917. The molecule has 2 unspecified atom stereocenters. The summed E-state index contributed by atoms with van der Waals surface area (Å²) < 4.78 is 11.1. The standard InChI is InChI=1S/C21H22N2O5/c1-12-5-8-18(28-12)13(2)22-19(24)14-6-7-16-17(10-14)21(26)23(20(16)25)11-15-4-3-9-27-15/h5-8,10,13,15H,3-4,9,11H2,1-2H3,(H,22,24). The number of nitrogens with zero attached hydrogens (tertiary/aromatic N) is 1. The number of carbonyl (C=O) groups is 3. The van der Waals surface area contributed by atoms with E-state index in [1.807, 2.05) is 26.0 Å². The molecule has 0 aliphatic carbocycles. The van der Waals surface area contributed by atoms with E-state index in [0.717, 1.165) is 18.6 Å². The number of benzene rings is 1. The van der Waals surface area contributed by atoms with E-state index in [2.05, 4.69) is 5.32 Å². The van der Waals surface area contributed by atoms with Crippen molar-refractivity contribution < 1.29 is 23.5 Å². The predicted octanol–water partition coefficient (Wildman–Crippen LogP) is 2.85. The van der Waals surface area contributed by atoms with Gasteiger partial charge in [0.15, 0.2) is 0 Å². The van der Waals surface area contributed by atoms with Gasteiger partial charge >= 0.3 is 0 Å². The molecule has 0 spiro atoms. The largest absolute Gasteiger partial charge is 0.464 e. The third-order valence-corrected chi connectivity index (χ3v) is 5.18. The molecule has 0 bridgehead atoms. The molecule has 0 saturated carbocycles. The Hall–Kier alpha value is -2.93. The molecule has 1 fully saturated rings. The first-order valence-electron chi connectivity index (χ1n) is 9.43. The van der Waals surface area contributed by atoms with Gasteiger partial charge in [0.25, 0.3) is 17.7 Å². The van der Waals surface area contributed by atoms with E-state index < -0.39 is 0 Å². The summed E-state index contributed by atoms with van der Waals surface area (Å²) >= 11 is 0. The zero-order valence-corrected chi connectivity index (χ0v) is 15.9. The zero-order chi connectivity index (χ0) is 19.8. The lowest BCUT2D eigenvalue weighted by molar-refractivity contribution is 0.0475. The number of furan rings is 1. The Bertz CT molecular complexity index is 942. The minimum atomic E-state index is -0.375. The smallest absolute Gasteiger partial charge is 0.261 e. The number of nitrogens with one attached hydrogen (secondary N) is 1. The molecule has 28 heavy (non-hydrogen) atoms. The molecule has 7 heteroatoms. The Kier molecular flexibility index (Phi) is 4.77. The summed E-state index contributed by atoms with van der Waals surface area (Å²) in [5.74, 6) is 0.383. The Balaban J connectivity index is 1.50. The number of carbonyl (C=O) groups excluding carboxylic acids is 3. The van der Waals surface area contributed by atoms with Crippen LogP contribution in [0.4, 0.5) is 0 Å². The van der Waals surface area contributed by atoms with Crippen LogP contribution in [0, 0.1) is 6.92 Å². The van der Waals surface area contributed by atoms with Gasteiger partial charge in [0, 0.05) is 12.2 Å². The first-order chi connectivity index (χ1) is 13.4. The van der Waals surface area contributed by atoms with E-state index in [4.69, 9.17) is 9.15 Å². The van der Waals surface area contributed by atoms with Crippen molar-refractivity contribution in [3.05, 3.63) is 58.5 Å². The lowest BCUT2D eigenvalue weighted by atomic mass is 10.0. The van der Waals surface area contributed by atoms with Gasteiger partial charge in [0.2, 0.25) is 0 Å². The highest BCUT2D eigenvalue weighted by atomic mass is 16.5. The van der Waals surface area contributed by atoms with Gasteiger partial charge in [-0.25, -0.2) is 0 Å². The molecule has 7 nitrogen and oxygen atoms in total. The molecule has 1 N–H and O–H groups in total. The highest BCUT2D eigenvalue weighted by molar-refractivity contribution is 6.22. The minimum Gasteiger partial charge on any atom is -0.464 e. The Morgan fingerprint density at radius 2 is 2.00 bits per heavy atom. The normalized spacial score (nSPS) is 19.8. The molecule has 146 valence electrons. The number of rotatable bonds is 5. The first kappa shape index (κ1) is 18.4. The quantitative estimate of drug-likeness (QED) is 0.804. The maximum Gasteiger partial charge on any atom is 0.261 e. The fraction of sp³-hybridized carbons (Fsp3) is 0.381. The van der Waals surface area contributed by atoms with Crippen LogP contribution in [0.15, 0.2) is 34.7 Å². The van der Waals surface area contributed by atoms with Crippen LogP contribution in [0.1, 0.15) is 68.4 Å². The van der Waals surface area contributed by atoms with Gasteiger partial charge in [0.05, 0.1) is 29.8 Å². The second-order valence-corrected chi connectivity index (χ2v) is 7.26. The molecule has 2 aromatic rings. The predicted molar refractivity (Wildman–Crippen MR) is 100 cm³/mol. The zero-order valence-electron chi connectivity index (χ0n) is 15.9. The number of ether oxygens (including phenoxy) is 1. The van der Waals surface area contributed by atoms with Crippen LogP contribution < -0.4 is 5.32 Å². The van der Waals surface area contributed by atoms with Gasteiger partial charge in [0.1, 0.15) is 11.5 Å². The second-order valence-electron chi connectivity index (χ2n) is 7.26. The number of amides is 3. The summed E-state index contributed by atoms with van der Waals surface area (Å²) in [4.78, 5) is 39.1. The van der Waals surface area contributed by atoms with Crippen LogP contribution in [0.5, 0.6) is 0 Å². The van der Waals surface area contributed by atoms with Gasteiger partial charge < -0.3 is 14.5 Å². The Labute approximate surface area is 162 Å². The van der Waals surface area contributed by atoms with Crippen LogP contribution in [-0.2, 0) is 4.74 Å². The van der Waals surface area contributed by atoms with E-state index >= 15 is 0 Å². The Morgan fingerprint density at radius 1 is 1.21 bits per heavy atom. The van der Waals surface area contributed by atoms with Crippen molar-refractivity contribution in [2.45, 2.75) is 38.8 Å². The van der Waals surface area contributed by atoms with Gasteiger partial charge in [-0.1, -0.05) is 0 Å². The van der Waals surface area contributed by atoms with E-state index in [1.54, 1.807) is 12.1 Å². The maximum atomic E-state index is 12.7. The van der Waals surface area contributed by atoms with Crippen molar-refractivity contribution in [2.24, 2.45) is 0 Å². The molecular weight excluding hydrogens is 360 g/mol. The molecular formula is C21H22N2O5. The number of fused-ring (bicyclic) bond motifs is 1. The molecule has 1 saturated heterocycles. The average Bonchev–Trinajstić information content (AvgIpc) is 3.40. The third-order valence-electron chi connectivity index (χ3n) is 5.18. The van der Waals surface area contributed by atoms with Crippen LogP contribution in [-0.4, -0.2) is 41.9 Å². The van der Waals surface area contributed by atoms with Crippen LogP contribution in [0.3, 0.4) is 0 Å². The molecule has 0 radical (unpaired) electrons. The molecule has 4 rings (SSSR count). The van der Waals surface area contributed by atoms with Gasteiger partial charge in [-0.15, -0.1) is 0 Å². The third kappa shape index (κ3) is 3.33. The SMILES string of the molecule is Cc1ccc(C(C)NC(=O)c2ccc3c(c2)C(=O)N(CC2CCCO2)C3=O)o1. The molecule has 1 aromatic heterocycles. The first-order valence-corrected chi connectivity index (χ1v) is 9.43. The molecule has 2 aliphatic heterocycles. The van der Waals surface area contributed by atoms with Crippen LogP contribution in [0.2, 0.25) is 0 Å². The summed E-state index contributed by atoms with van der Waals surface area (Å²) in [6.07, 6.45) is 1.67. The van der Waals surface area contributed by atoms with E-state index in [1.165, 1.54) is 11.0 Å². The lowest BCUT2D eigenvalue weighted by Crippen LogP contribution is -2.36. The van der Waals surface area contributed by atoms with E-state index in [0.29, 0.717) is 23.5 Å². The summed E-state index contributed by atoms with van der Waals surface area (Å²) in [5, 5.41) is 2.85. The number of aryl methyl sites for hydroxylation is 1. The van der Waals surface area contributed by atoms with Gasteiger partial charge in [-0.05, 0) is 57.0 Å². The van der Waals surface area contributed by atoms with Crippen LogP contribution in [0.25, 0.3) is 0 Å². The van der Waals surface area contributed by atoms with Crippen molar-refractivity contribution in [1.29, 1.82) is 0 Å². The fourth-order valence-electron chi connectivity index (χ4n) is 3.63. The van der Waals surface area contributed by atoms with Gasteiger partial charge in [-0.2, -0.15) is 0 Å². The summed E-state index contributed by atoms with van der Waals surface area (Å²) in [6, 6.07) is 7.92. The molecule has 3 amide bonds. The number of imide groups is 1. The number of hydrogen-bond donors (Lipinski definition) is 1. The van der Waals surface area contributed by atoms with Crippen molar-refractivity contribution in [1.82, 2.24) is 10.2 Å². The van der Waals surface area contributed by atoms with Crippen molar-refractivity contribution >= 4 is 17.7 Å². The fourth-order valence-corrected chi connectivity index (χ4v) is 3.63. The van der Waals surface area contributed by atoms with Crippen molar-refractivity contribution in [3.63, 3.8) is 0 Å². The minimum absolute atomic E-state index is 0.109. The molecule has 3 heterocycles. The van der Waals surface area contributed by atoms with Gasteiger partial charge in [-0.3, -0.25) is 19.3 Å². The number of hydrogen-bond acceptors (Lipinski definition) is 5. The Morgan fingerprint density at radius 3 is 2.68 bits per heavy atom. The van der Waals surface area contributed by atoms with E-state index in [9.17, 15) is 14.4 Å². The second kappa shape index (κ2) is 7.24.